The van der Waals surface area contributed by atoms with Crippen molar-refractivity contribution in [2.45, 2.75) is 26.2 Å². The third-order valence-electron chi connectivity index (χ3n) is 3.56. The number of aromatic nitrogens is 2. The lowest BCUT2D eigenvalue weighted by atomic mass is 10.0. The van der Waals surface area contributed by atoms with E-state index in [0.29, 0.717) is 5.56 Å². The lowest BCUT2D eigenvalue weighted by Crippen LogP contribution is -2.18. The van der Waals surface area contributed by atoms with E-state index in [1.165, 1.54) is 0 Å². The van der Waals surface area contributed by atoms with Crippen LogP contribution < -0.4 is 5.32 Å². The Bertz CT molecular complexity index is 454. The maximum Gasteiger partial charge on any atom is 0.142 e. The van der Waals surface area contributed by atoms with Crippen molar-refractivity contribution in [2.24, 2.45) is 12.5 Å². The zero-order valence-electron chi connectivity index (χ0n) is 10.3. The van der Waals surface area contributed by atoms with Gasteiger partial charge in [-0.3, -0.25) is 4.68 Å². The molecular weight excluding hydrogens is 216 g/mol. The third-order valence-corrected chi connectivity index (χ3v) is 3.56. The second kappa shape index (κ2) is 4.38. The number of hydrogen-bond acceptors (Lipinski definition) is 4. The molecule has 0 saturated heterocycles. The first-order chi connectivity index (χ1) is 8.12. The highest BCUT2D eigenvalue weighted by atomic mass is 16.3. The second-order valence-corrected chi connectivity index (χ2v) is 4.87. The number of nitrogens with zero attached hydrogens (tertiary/aromatic N) is 3. The van der Waals surface area contributed by atoms with Crippen molar-refractivity contribution < 1.29 is 5.11 Å². The molecular formula is C12H18N4O. The monoisotopic (exact) mass is 234 g/mol. The SMILES string of the molecule is Cc1nn(C)c(NCC2(CCO)CC2)c1C#N. The number of aliphatic hydroxyl groups is 1. The summed E-state index contributed by atoms with van der Waals surface area (Å²) in [6, 6.07) is 2.18. The van der Waals surface area contributed by atoms with Gasteiger partial charge >= 0.3 is 0 Å². The van der Waals surface area contributed by atoms with E-state index in [0.717, 1.165) is 37.3 Å². The van der Waals surface area contributed by atoms with Crippen LogP contribution in [0, 0.1) is 23.7 Å². The van der Waals surface area contributed by atoms with Crippen LogP contribution in [0.3, 0.4) is 0 Å². The van der Waals surface area contributed by atoms with Crippen LogP contribution in [-0.4, -0.2) is 28.0 Å². The molecule has 1 heterocycles. The zero-order valence-corrected chi connectivity index (χ0v) is 10.3. The number of hydrogen-bond donors (Lipinski definition) is 2. The molecule has 0 unspecified atom stereocenters. The topological polar surface area (TPSA) is 73.9 Å². The molecule has 0 atom stereocenters. The van der Waals surface area contributed by atoms with Crippen molar-refractivity contribution in [3.63, 3.8) is 0 Å². The number of aryl methyl sites for hydroxylation is 2. The van der Waals surface area contributed by atoms with Gasteiger partial charge in [-0.25, -0.2) is 0 Å². The van der Waals surface area contributed by atoms with Crippen LogP contribution in [0.25, 0.3) is 0 Å². The van der Waals surface area contributed by atoms with Crippen molar-refractivity contribution in [3.8, 4) is 6.07 Å². The molecule has 1 fully saturated rings. The zero-order chi connectivity index (χ0) is 12.5. The Morgan fingerprint density at radius 3 is 2.82 bits per heavy atom. The van der Waals surface area contributed by atoms with Gasteiger partial charge < -0.3 is 10.4 Å². The summed E-state index contributed by atoms with van der Waals surface area (Å²) in [7, 11) is 1.84. The number of rotatable bonds is 5. The Hall–Kier alpha value is -1.54. The fourth-order valence-corrected chi connectivity index (χ4v) is 2.20. The Kier molecular flexibility index (Phi) is 3.07. The van der Waals surface area contributed by atoms with Crippen molar-refractivity contribution in [1.82, 2.24) is 9.78 Å². The number of anilines is 1. The van der Waals surface area contributed by atoms with Gasteiger partial charge in [0.1, 0.15) is 17.5 Å². The summed E-state index contributed by atoms with van der Waals surface area (Å²) in [5.41, 5.74) is 1.61. The molecule has 0 aromatic carbocycles. The van der Waals surface area contributed by atoms with E-state index in [4.69, 9.17) is 10.4 Å². The minimum absolute atomic E-state index is 0.233. The first-order valence-corrected chi connectivity index (χ1v) is 5.90. The molecule has 0 bridgehead atoms. The largest absolute Gasteiger partial charge is 0.396 e. The molecule has 2 rings (SSSR count). The van der Waals surface area contributed by atoms with Gasteiger partial charge in [0.05, 0.1) is 5.69 Å². The molecule has 1 aliphatic rings. The van der Waals surface area contributed by atoms with Crippen molar-refractivity contribution >= 4 is 5.82 Å². The number of nitriles is 1. The predicted molar refractivity (Wildman–Crippen MR) is 64.5 cm³/mol. The molecule has 5 nitrogen and oxygen atoms in total. The lowest BCUT2D eigenvalue weighted by molar-refractivity contribution is 0.253. The predicted octanol–water partition coefficient (Wildman–Crippen LogP) is 1.17. The van der Waals surface area contributed by atoms with E-state index >= 15 is 0 Å². The number of aliphatic hydroxyl groups excluding tert-OH is 1. The molecule has 1 aromatic heterocycles. The van der Waals surface area contributed by atoms with Crippen LogP contribution in [0.4, 0.5) is 5.82 Å². The summed E-state index contributed by atoms with van der Waals surface area (Å²) in [6.07, 6.45) is 3.14. The minimum atomic E-state index is 0.233. The smallest absolute Gasteiger partial charge is 0.142 e. The average molecular weight is 234 g/mol. The van der Waals surface area contributed by atoms with Crippen molar-refractivity contribution in [2.75, 3.05) is 18.5 Å². The molecule has 0 radical (unpaired) electrons. The number of nitrogens with one attached hydrogen (secondary N) is 1. The van der Waals surface area contributed by atoms with E-state index in [1.807, 2.05) is 14.0 Å². The van der Waals surface area contributed by atoms with Gasteiger partial charge in [0.15, 0.2) is 0 Å². The molecule has 92 valence electrons. The molecule has 0 aliphatic heterocycles. The van der Waals surface area contributed by atoms with Gasteiger partial charge in [0.25, 0.3) is 0 Å². The quantitative estimate of drug-likeness (QED) is 0.802. The third kappa shape index (κ3) is 2.27. The van der Waals surface area contributed by atoms with Crippen LogP contribution in [0.15, 0.2) is 0 Å². The van der Waals surface area contributed by atoms with Gasteiger partial charge in [-0.15, -0.1) is 0 Å². The lowest BCUT2D eigenvalue weighted by Gasteiger charge is -2.15. The van der Waals surface area contributed by atoms with Gasteiger partial charge in [-0.05, 0) is 31.6 Å². The highest BCUT2D eigenvalue weighted by molar-refractivity contribution is 5.55. The van der Waals surface area contributed by atoms with Crippen LogP contribution in [0.2, 0.25) is 0 Å². The standard InChI is InChI=1S/C12H18N4O/c1-9-10(7-13)11(16(2)15-9)14-8-12(3-4-12)5-6-17/h14,17H,3-6,8H2,1-2H3. The average Bonchev–Trinajstić information content (AvgIpc) is 2.98. The molecule has 17 heavy (non-hydrogen) atoms. The summed E-state index contributed by atoms with van der Waals surface area (Å²) in [5, 5.41) is 25.6. The highest BCUT2D eigenvalue weighted by Gasteiger charge is 2.41. The Morgan fingerprint density at radius 2 is 2.29 bits per heavy atom. The summed E-state index contributed by atoms with van der Waals surface area (Å²) in [4.78, 5) is 0. The maximum atomic E-state index is 9.08. The van der Waals surface area contributed by atoms with E-state index in [2.05, 4.69) is 16.5 Å². The van der Waals surface area contributed by atoms with Gasteiger partial charge in [0, 0.05) is 20.2 Å². The molecule has 5 heteroatoms. The Balaban J connectivity index is 2.07. The first-order valence-electron chi connectivity index (χ1n) is 5.90. The summed E-state index contributed by atoms with van der Waals surface area (Å²) >= 11 is 0. The van der Waals surface area contributed by atoms with Gasteiger partial charge in [-0.1, -0.05) is 0 Å². The summed E-state index contributed by atoms with van der Waals surface area (Å²) in [5.74, 6) is 0.786. The van der Waals surface area contributed by atoms with E-state index < -0.39 is 0 Å². The molecule has 1 aromatic rings. The second-order valence-electron chi connectivity index (χ2n) is 4.87. The Labute approximate surface area is 101 Å². The highest BCUT2D eigenvalue weighted by Crippen LogP contribution is 2.48. The molecule has 2 N–H and O–H groups in total. The molecule has 1 saturated carbocycles. The summed E-state index contributed by atoms with van der Waals surface area (Å²) in [6.45, 7) is 2.88. The maximum absolute atomic E-state index is 9.08. The van der Waals surface area contributed by atoms with E-state index in [-0.39, 0.29) is 12.0 Å². The van der Waals surface area contributed by atoms with Crippen LogP contribution in [-0.2, 0) is 7.05 Å². The van der Waals surface area contributed by atoms with Crippen molar-refractivity contribution in [3.05, 3.63) is 11.3 Å². The first kappa shape index (κ1) is 11.9. The summed E-state index contributed by atoms with van der Waals surface area (Å²) < 4.78 is 1.71. The fraction of sp³-hybridized carbons (Fsp3) is 0.667. The molecule has 1 aliphatic carbocycles. The molecule has 0 amide bonds. The normalized spacial score (nSPS) is 16.6. The van der Waals surface area contributed by atoms with Gasteiger partial charge in [-0.2, -0.15) is 10.4 Å². The van der Waals surface area contributed by atoms with E-state index in [1.54, 1.807) is 4.68 Å². The van der Waals surface area contributed by atoms with Crippen LogP contribution in [0.5, 0.6) is 0 Å². The fourth-order valence-electron chi connectivity index (χ4n) is 2.20. The Morgan fingerprint density at radius 1 is 1.59 bits per heavy atom. The van der Waals surface area contributed by atoms with E-state index in [9.17, 15) is 0 Å². The van der Waals surface area contributed by atoms with Crippen LogP contribution >= 0.6 is 0 Å². The van der Waals surface area contributed by atoms with Crippen molar-refractivity contribution in [1.29, 1.82) is 5.26 Å². The molecule has 0 spiro atoms. The van der Waals surface area contributed by atoms with Crippen LogP contribution in [0.1, 0.15) is 30.5 Å². The minimum Gasteiger partial charge on any atom is -0.396 e. The van der Waals surface area contributed by atoms with Gasteiger partial charge in [0.2, 0.25) is 0 Å².